The highest BCUT2D eigenvalue weighted by Crippen LogP contribution is 2.18. The Hall–Kier alpha value is -3.79. The van der Waals surface area contributed by atoms with Gasteiger partial charge in [0.2, 0.25) is 11.9 Å². The average Bonchev–Trinajstić information content (AvgIpc) is 2.79. The van der Waals surface area contributed by atoms with Crippen molar-refractivity contribution in [3.8, 4) is 0 Å². The van der Waals surface area contributed by atoms with Crippen molar-refractivity contribution in [1.29, 1.82) is 0 Å². The molecule has 0 aliphatic rings. The van der Waals surface area contributed by atoms with E-state index in [1.807, 2.05) is 6.92 Å². The predicted octanol–water partition coefficient (Wildman–Crippen LogP) is 3.66. The molecule has 0 aliphatic heterocycles. The number of hydrogen-bond acceptors (Lipinski definition) is 6. The summed E-state index contributed by atoms with van der Waals surface area (Å²) in [5.41, 5.74) is 1.45. The fourth-order valence-corrected chi connectivity index (χ4v) is 3.68. The third-order valence-electron chi connectivity index (χ3n) is 4.40. The molecule has 0 atom stereocenters. The van der Waals surface area contributed by atoms with Gasteiger partial charge in [0.1, 0.15) is 0 Å². The van der Waals surface area contributed by atoms with Crippen LogP contribution in [0.15, 0.2) is 71.9 Å². The van der Waals surface area contributed by atoms with Gasteiger partial charge in [-0.1, -0.05) is 13.3 Å². The van der Waals surface area contributed by atoms with E-state index in [4.69, 9.17) is 0 Å². The minimum absolute atomic E-state index is 0.00567. The van der Waals surface area contributed by atoms with Crippen LogP contribution in [0.5, 0.6) is 0 Å². The van der Waals surface area contributed by atoms with E-state index < -0.39 is 10.0 Å². The molecule has 1 aromatic heterocycles. The van der Waals surface area contributed by atoms with Crippen molar-refractivity contribution in [2.45, 2.75) is 31.1 Å². The molecule has 0 spiro atoms. The van der Waals surface area contributed by atoms with Crippen molar-refractivity contribution < 1.29 is 18.0 Å². The third kappa shape index (κ3) is 6.35. The van der Waals surface area contributed by atoms with E-state index in [1.165, 1.54) is 36.7 Å². The van der Waals surface area contributed by atoms with Crippen LogP contribution in [0, 0.1) is 0 Å². The lowest BCUT2D eigenvalue weighted by molar-refractivity contribution is -0.116. The highest BCUT2D eigenvalue weighted by Gasteiger charge is 2.16. The first-order chi connectivity index (χ1) is 15.4. The van der Waals surface area contributed by atoms with Crippen molar-refractivity contribution in [1.82, 2.24) is 9.97 Å². The maximum absolute atomic E-state index is 12.5. The first-order valence-corrected chi connectivity index (χ1v) is 11.5. The lowest BCUT2D eigenvalue weighted by Gasteiger charge is -2.09. The van der Waals surface area contributed by atoms with Crippen LogP contribution in [-0.2, 0) is 14.8 Å². The van der Waals surface area contributed by atoms with Crippen LogP contribution in [-0.4, -0.2) is 30.2 Å². The molecule has 0 unspecified atom stereocenters. The standard InChI is InChI=1S/C22H23N5O4S/c1-2-3-5-20(28)25-17-8-6-16(7-9-17)21(29)26-18-10-12-19(13-11-18)32(30,31)27-22-23-14-4-15-24-22/h4,6-15H,2-3,5H2,1H3,(H,25,28)(H,26,29)(H,23,24,27). The molecule has 1 heterocycles. The van der Waals surface area contributed by atoms with Gasteiger partial charge >= 0.3 is 0 Å². The first-order valence-electron chi connectivity index (χ1n) is 9.98. The van der Waals surface area contributed by atoms with Gasteiger partial charge in [0.15, 0.2) is 0 Å². The minimum atomic E-state index is -3.85. The van der Waals surface area contributed by atoms with Crippen LogP contribution >= 0.6 is 0 Å². The zero-order valence-corrected chi connectivity index (χ0v) is 18.2. The number of sulfonamides is 1. The third-order valence-corrected chi connectivity index (χ3v) is 5.75. The van der Waals surface area contributed by atoms with E-state index in [-0.39, 0.29) is 22.7 Å². The predicted molar refractivity (Wildman–Crippen MR) is 122 cm³/mol. The van der Waals surface area contributed by atoms with Crippen LogP contribution in [0.3, 0.4) is 0 Å². The summed E-state index contributed by atoms with van der Waals surface area (Å²) in [6, 6.07) is 13.8. The summed E-state index contributed by atoms with van der Waals surface area (Å²) in [5, 5.41) is 5.50. The molecule has 3 rings (SSSR count). The molecule has 10 heteroatoms. The maximum Gasteiger partial charge on any atom is 0.264 e. The molecule has 0 bridgehead atoms. The van der Waals surface area contributed by atoms with Crippen molar-refractivity contribution in [3.05, 3.63) is 72.6 Å². The Labute approximate surface area is 186 Å². The summed E-state index contributed by atoms with van der Waals surface area (Å²) in [6.45, 7) is 2.02. The summed E-state index contributed by atoms with van der Waals surface area (Å²) < 4.78 is 27.1. The van der Waals surface area contributed by atoms with Crippen molar-refractivity contribution in [2.24, 2.45) is 0 Å². The molecule has 0 saturated carbocycles. The number of carbonyl (C=O) groups excluding carboxylic acids is 2. The number of aromatic nitrogens is 2. The van der Waals surface area contributed by atoms with E-state index in [0.717, 1.165) is 12.8 Å². The number of carbonyl (C=O) groups is 2. The number of unbranched alkanes of at least 4 members (excludes halogenated alkanes) is 1. The largest absolute Gasteiger partial charge is 0.326 e. The van der Waals surface area contributed by atoms with Crippen molar-refractivity contribution in [2.75, 3.05) is 15.4 Å². The number of rotatable bonds is 9. The number of nitrogens with zero attached hydrogens (tertiary/aromatic N) is 2. The van der Waals surface area contributed by atoms with Gasteiger partial charge in [0.05, 0.1) is 4.90 Å². The Balaban J connectivity index is 1.60. The van der Waals surface area contributed by atoms with Gasteiger partial charge in [0.25, 0.3) is 15.9 Å². The van der Waals surface area contributed by atoms with E-state index in [9.17, 15) is 18.0 Å². The molecule has 0 radical (unpaired) electrons. The number of benzene rings is 2. The smallest absolute Gasteiger partial charge is 0.264 e. The second kappa shape index (κ2) is 10.5. The van der Waals surface area contributed by atoms with E-state index in [2.05, 4.69) is 25.3 Å². The summed E-state index contributed by atoms with van der Waals surface area (Å²) in [5.74, 6) is -0.456. The van der Waals surface area contributed by atoms with E-state index >= 15 is 0 Å². The zero-order valence-electron chi connectivity index (χ0n) is 17.4. The zero-order chi connectivity index (χ0) is 23.0. The van der Waals surface area contributed by atoms with Gasteiger partial charge in [-0.2, -0.15) is 0 Å². The Kier molecular flexibility index (Phi) is 7.50. The fraction of sp³-hybridized carbons (Fsp3) is 0.182. The number of nitrogens with one attached hydrogen (secondary N) is 3. The van der Waals surface area contributed by atoms with E-state index in [0.29, 0.717) is 23.4 Å². The Morgan fingerprint density at radius 3 is 2.09 bits per heavy atom. The molecular weight excluding hydrogens is 430 g/mol. The first kappa shape index (κ1) is 22.9. The summed E-state index contributed by atoms with van der Waals surface area (Å²) in [7, 11) is -3.85. The number of anilines is 3. The van der Waals surface area contributed by atoms with E-state index in [1.54, 1.807) is 30.3 Å². The highest BCUT2D eigenvalue weighted by molar-refractivity contribution is 7.92. The summed E-state index contributed by atoms with van der Waals surface area (Å²) in [6.07, 6.45) is 5.07. The molecule has 0 aliphatic carbocycles. The molecule has 2 amide bonds. The van der Waals surface area contributed by atoms with Crippen molar-refractivity contribution >= 4 is 39.2 Å². The lowest BCUT2D eigenvalue weighted by atomic mass is 10.1. The molecule has 9 nitrogen and oxygen atoms in total. The topological polar surface area (TPSA) is 130 Å². The van der Waals surface area contributed by atoms with Gasteiger partial charge in [-0.3, -0.25) is 9.59 Å². The molecule has 32 heavy (non-hydrogen) atoms. The van der Waals surface area contributed by atoms with Gasteiger partial charge in [-0.25, -0.2) is 23.1 Å². The molecule has 166 valence electrons. The quantitative estimate of drug-likeness (QED) is 0.453. The molecule has 2 aromatic carbocycles. The lowest BCUT2D eigenvalue weighted by Crippen LogP contribution is -2.15. The van der Waals surface area contributed by atoms with Gasteiger partial charge in [0, 0.05) is 35.8 Å². The molecule has 0 fully saturated rings. The van der Waals surface area contributed by atoms with Crippen LogP contribution in [0.25, 0.3) is 0 Å². The molecule has 3 N–H and O–H groups in total. The van der Waals surface area contributed by atoms with Crippen LogP contribution in [0.2, 0.25) is 0 Å². The molecule has 3 aromatic rings. The minimum Gasteiger partial charge on any atom is -0.326 e. The van der Waals surface area contributed by atoms with Crippen molar-refractivity contribution in [3.63, 3.8) is 0 Å². The highest BCUT2D eigenvalue weighted by atomic mass is 32.2. The monoisotopic (exact) mass is 453 g/mol. The number of amides is 2. The normalized spacial score (nSPS) is 10.9. The number of hydrogen-bond donors (Lipinski definition) is 3. The van der Waals surface area contributed by atoms with Gasteiger partial charge in [-0.15, -0.1) is 0 Å². The summed E-state index contributed by atoms with van der Waals surface area (Å²) in [4.78, 5) is 31.9. The Bertz CT molecular complexity index is 1170. The second-order valence-corrected chi connectivity index (χ2v) is 8.57. The second-order valence-electron chi connectivity index (χ2n) is 6.89. The Morgan fingerprint density at radius 2 is 1.47 bits per heavy atom. The van der Waals surface area contributed by atoms with Gasteiger partial charge < -0.3 is 10.6 Å². The molecular formula is C22H23N5O4S. The average molecular weight is 454 g/mol. The fourth-order valence-electron chi connectivity index (χ4n) is 2.72. The van der Waals surface area contributed by atoms with Crippen LogP contribution < -0.4 is 15.4 Å². The van der Waals surface area contributed by atoms with Crippen LogP contribution in [0.1, 0.15) is 36.5 Å². The maximum atomic E-state index is 12.5. The van der Waals surface area contributed by atoms with Gasteiger partial charge in [-0.05, 0) is 61.0 Å². The SMILES string of the molecule is CCCCC(=O)Nc1ccc(C(=O)Nc2ccc(S(=O)(=O)Nc3ncccn3)cc2)cc1. The van der Waals surface area contributed by atoms with Crippen LogP contribution in [0.4, 0.5) is 17.3 Å². The molecule has 0 saturated heterocycles. The Morgan fingerprint density at radius 1 is 0.875 bits per heavy atom. The summed E-state index contributed by atoms with van der Waals surface area (Å²) >= 11 is 0.